The van der Waals surface area contributed by atoms with E-state index in [0.29, 0.717) is 23.3 Å². The van der Waals surface area contributed by atoms with Gasteiger partial charge < -0.3 is 15.5 Å². The predicted octanol–water partition coefficient (Wildman–Crippen LogP) is 2.22. The summed E-state index contributed by atoms with van der Waals surface area (Å²) in [5.74, 6) is 2.67. The molecule has 7 nitrogen and oxygen atoms in total. The molecule has 1 aliphatic heterocycles. The molecule has 5 fully saturated rings. The van der Waals surface area contributed by atoms with Crippen LogP contribution in [0.2, 0.25) is 0 Å². The minimum absolute atomic E-state index is 0.0183. The third-order valence-corrected chi connectivity index (χ3v) is 7.82. The summed E-state index contributed by atoms with van der Waals surface area (Å²) in [6.45, 7) is 3.62. The maximum atomic E-state index is 13.3. The van der Waals surface area contributed by atoms with E-state index in [9.17, 15) is 9.59 Å². The van der Waals surface area contributed by atoms with Crippen LogP contribution in [0.25, 0.3) is 0 Å². The van der Waals surface area contributed by atoms with E-state index in [1.54, 1.807) is 13.1 Å². The van der Waals surface area contributed by atoms with E-state index in [2.05, 4.69) is 20.6 Å². The molecule has 4 bridgehead atoms. The van der Waals surface area contributed by atoms with Crippen molar-refractivity contribution in [3.63, 3.8) is 0 Å². The summed E-state index contributed by atoms with van der Waals surface area (Å²) in [6, 6.07) is 0.218. The van der Waals surface area contributed by atoms with Gasteiger partial charge in [-0.15, -0.1) is 0 Å². The second-order valence-corrected chi connectivity index (χ2v) is 9.98. The molecule has 0 radical (unpaired) electrons. The molecule has 0 aromatic carbocycles. The van der Waals surface area contributed by atoms with Crippen molar-refractivity contribution in [3.05, 3.63) is 11.8 Å². The number of anilines is 1. The Labute approximate surface area is 172 Å². The molecular weight excluding hydrogens is 366 g/mol. The van der Waals surface area contributed by atoms with Gasteiger partial charge in [-0.25, -0.2) is 0 Å². The van der Waals surface area contributed by atoms with Crippen molar-refractivity contribution < 1.29 is 9.59 Å². The van der Waals surface area contributed by atoms with Crippen LogP contribution in [0.5, 0.6) is 0 Å². The number of nitrogens with one attached hydrogen (secondary N) is 2. The fourth-order valence-electron chi connectivity index (χ4n) is 7.09. The number of hydrogen-bond donors (Lipinski definition) is 2. The van der Waals surface area contributed by atoms with Crippen LogP contribution in [0.4, 0.5) is 5.82 Å². The summed E-state index contributed by atoms with van der Waals surface area (Å²) in [5.41, 5.74) is 0.677. The van der Waals surface area contributed by atoms with Gasteiger partial charge in [0.25, 0.3) is 5.91 Å². The predicted molar refractivity (Wildman–Crippen MR) is 111 cm³/mol. The Bertz CT molecular complexity index is 796. The monoisotopic (exact) mass is 399 g/mol. The van der Waals surface area contributed by atoms with Gasteiger partial charge in [-0.2, -0.15) is 5.10 Å². The van der Waals surface area contributed by atoms with Crippen LogP contribution in [-0.4, -0.2) is 46.3 Å². The summed E-state index contributed by atoms with van der Waals surface area (Å²) >= 11 is 0. The maximum Gasteiger partial charge on any atom is 0.256 e. The van der Waals surface area contributed by atoms with Crippen molar-refractivity contribution in [3.8, 4) is 0 Å². The molecule has 4 aliphatic carbocycles. The van der Waals surface area contributed by atoms with Crippen molar-refractivity contribution in [2.24, 2.45) is 24.8 Å². The fraction of sp³-hybridized carbons (Fsp3) is 0.773. The molecular formula is C22H33N5O2. The van der Waals surface area contributed by atoms with Crippen LogP contribution in [0.3, 0.4) is 0 Å². The van der Waals surface area contributed by atoms with Crippen molar-refractivity contribution in [1.29, 1.82) is 0 Å². The number of amides is 2. The molecule has 6 rings (SSSR count). The van der Waals surface area contributed by atoms with Crippen molar-refractivity contribution >= 4 is 17.6 Å². The highest BCUT2D eigenvalue weighted by Gasteiger charge is 2.56. The molecule has 29 heavy (non-hydrogen) atoms. The Morgan fingerprint density at radius 1 is 1.10 bits per heavy atom. The van der Waals surface area contributed by atoms with E-state index >= 15 is 0 Å². The molecule has 2 atom stereocenters. The molecule has 5 aliphatic rings. The normalized spacial score (nSPS) is 35.6. The summed E-state index contributed by atoms with van der Waals surface area (Å²) in [5, 5.41) is 11.1. The molecule has 7 heteroatoms. The smallest absolute Gasteiger partial charge is 0.256 e. The molecule has 158 valence electrons. The minimum Gasteiger partial charge on any atom is -0.356 e. The first-order valence-corrected chi connectivity index (χ1v) is 11.3. The number of carbonyl (C=O) groups is 2. The van der Waals surface area contributed by atoms with Gasteiger partial charge in [-0.05, 0) is 69.1 Å². The van der Waals surface area contributed by atoms with Crippen molar-refractivity contribution in [2.75, 3.05) is 18.0 Å². The minimum atomic E-state index is -0.0309. The summed E-state index contributed by atoms with van der Waals surface area (Å²) < 4.78 is 1.85. The fourth-order valence-corrected chi connectivity index (χ4v) is 7.09. The number of nitrogens with zero attached hydrogens (tertiary/aromatic N) is 3. The molecule has 2 amide bonds. The molecule has 1 aromatic heterocycles. The van der Waals surface area contributed by atoms with Gasteiger partial charge in [0.15, 0.2) is 0 Å². The van der Waals surface area contributed by atoms with Crippen LogP contribution in [0.15, 0.2) is 6.20 Å². The van der Waals surface area contributed by atoms with E-state index in [1.165, 1.54) is 32.1 Å². The standard InChI is InChI=1S/C22H33N5O2/c1-14(28)25-22-10-15-8-16(11-22)19(17(9-15)12-22)24-20(29)18-13-23-26(2)21(18)27-6-4-3-5-7-27/h13,15-17,19H,3-12H2,1-2H3,(H,24,29)(H,25,28)/t15?,16-,17-,19?,22?/m0/s1. The SMILES string of the molecule is CC(=O)NC12CC3C[C@@H](C1)C(NC(=O)c1cnn(C)c1N1CCCCC1)[C@@H](C3)C2. The summed E-state index contributed by atoms with van der Waals surface area (Å²) in [6.07, 6.45) is 10.8. The van der Waals surface area contributed by atoms with E-state index in [1.807, 2.05) is 11.7 Å². The molecule has 0 spiro atoms. The Morgan fingerprint density at radius 3 is 2.45 bits per heavy atom. The van der Waals surface area contributed by atoms with Crippen LogP contribution in [0, 0.1) is 17.8 Å². The maximum absolute atomic E-state index is 13.3. The van der Waals surface area contributed by atoms with Crippen LogP contribution in [0.1, 0.15) is 68.6 Å². The first-order chi connectivity index (χ1) is 13.9. The number of piperidine rings is 1. The average molecular weight is 400 g/mol. The van der Waals surface area contributed by atoms with Crippen LogP contribution < -0.4 is 15.5 Å². The summed E-state index contributed by atoms with van der Waals surface area (Å²) in [7, 11) is 1.93. The number of aromatic nitrogens is 2. The Hall–Kier alpha value is -2.05. The molecule has 0 unspecified atom stereocenters. The van der Waals surface area contributed by atoms with E-state index < -0.39 is 0 Å². The van der Waals surface area contributed by atoms with E-state index in [4.69, 9.17) is 0 Å². The van der Waals surface area contributed by atoms with Crippen molar-refractivity contribution in [2.45, 2.75) is 69.9 Å². The lowest BCUT2D eigenvalue weighted by molar-refractivity contribution is -0.125. The van der Waals surface area contributed by atoms with Gasteiger partial charge in [-0.1, -0.05) is 0 Å². The summed E-state index contributed by atoms with van der Waals surface area (Å²) in [4.78, 5) is 27.4. The Morgan fingerprint density at radius 2 is 1.79 bits per heavy atom. The first kappa shape index (κ1) is 18.9. The van der Waals surface area contributed by atoms with Gasteiger partial charge in [0.1, 0.15) is 11.4 Å². The van der Waals surface area contributed by atoms with Gasteiger partial charge in [0, 0.05) is 38.6 Å². The molecule has 2 heterocycles. The van der Waals surface area contributed by atoms with Gasteiger partial charge in [0.2, 0.25) is 5.91 Å². The lowest BCUT2D eigenvalue weighted by Crippen LogP contribution is -2.66. The largest absolute Gasteiger partial charge is 0.356 e. The topological polar surface area (TPSA) is 79.3 Å². The number of hydrogen-bond acceptors (Lipinski definition) is 4. The van der Waals surface area contributed by atoms with E-state index in [0.717, 1.165) is 38.2 Å². The van der Waals surface area contributed by atoms with Gasteiger partial charge >= 0.3 is 0 Å². The molecule has 1 saturated heterocycles. The molecule has 1 aromatic rings. The Kier molecular flexibility index (Phi) is 4.59. The van der Waals surface area contributed by atoms with Crippen LogP contribution in [-0.2, 0) is 11.8 Å². The average Bonchev–Trinajstić information content (AvgIpc) is 3.05. The zero-order valence-electron chi connectivity index (χ0n) is 17.6. The highest BCUT2D eigenvalue weighted by Crippen LogP contribution is 2.55. The Balaban J connectivity index is 1.33. The number of rotatable bonds is 4. The van der Waals surface area contributed by atoms with Gasteiger partial charge in [0.05, 0.1) is 6.20 Å². The van der Waals surface area contributed by atoms with Gasteiger partial charge in [-0.3, -0.25) is 14.3 Å². The zero-order valence-corrected chi connectivity index (χ0v) is 17.6. The lowest BCUT2D eigenvalue weighted by Gasteiger charge is -2.60. The van der Waals surface area contributed by atoms with Crippen molar-refractivity contribution in [1.82, 2.24) is 20.4 Å². The zero-order chi connectivity index (χ0) is 20.2. The lowest BCUT2D eigenvalue weighted by atomic mass is 9.51. The second-order valence-electron chi connectivity index (χ2n) is 9.98. The molecule has 4 saturated carbocycles. The molecule has 2 N–H and O–H groups in total. The number of carbonyl (C=O) groups excluding carboxylic acids is 2. The second kappa shape index (κ2) is 7.03. The first-order valence-electron chi connectivity index (χ1n) is 11.3. The van der Waals surface area contributed by atoms with Crippen LogP contribution >= 0.6 is 0 Å². The third kappa shape index (κ3) is 3.32. The number of aryl methyl sites for hydroxylation is 1. The highest BCUT2D eigenvalue weighted by molar-refractivity contribution is 5.99. The van der Waals surface area contributed by atoms with E-state index in [-0.39, 0.29) is 23.4 Å². The third-order valence-electron chi connectivity index (χ3n) is 7.82. The highest BCUT2D eigenvalue weighted by atomic mass is 16.2. The quantitative estimate of drug-likeness (QED) is 0.814.